The molecule has 1 fully saturated rings. The number of hydrogen-bond acceptors (Lipinski definition) is 6. The molecule has 3 aromatic rings. The molecule has 0 saturated carbocycles. The minimum absolute atomic E-state index is 0.0449. The van der Waals surface area contributed by atoms with E-state index >= 15 is 0 Å². The Morgan fingerprint density at radius 2 is 1.90 bits per heavy atom. The van der Waals surface area contributed by atoms with Gasteiger partial charge in [-0.25, -0.2) is 9.37 Å². The molecule has 1 saturated heterocycles. The Kier molecular flexibility index (Phi) is 5.61. The molecule has 9 heteroatoms. The maximum Gasteiger partial charge on any atom is 0.239 e. The number of aromatic nitrogens is 4. The first-order valence-electron chi connectivity index (χ1n) is 10.8. The maximum absolute atomic E-state index is 12.8. The van der Waals surface area contributed by atoms with E-state index in [1.807, 2.05) is 29.2 Å². The van der Waals surface area contributed by atoms with Gasteiger partial charge < -0.3 is 5.32 Å². The number of fused-ring (bicyclic) bond motifs is 2. The van der Waals surface area contributed by atoms with E-state index in [0.717, 1.165) is 66.7 Å². The first-order chi connectivity index (χ1) is 15.2. The summed E-state index contributed by atoms with van der Waals surface area (Å²) in [6.45, 7) is 4.68. The Bertz CT molecular complexity index is 1090. The van der Waals surface area contributed by atoms with Crippen LogP contribution in [0.15, 0.2) is 30.7 Å². The second-order valence-electron chi connectivity index (χ2n) is 8.21. The average molecular weight is 423 g/mol. The van der Waals surface area contributed by atoms with E-state index in [-0.39, 0.29) is 12.6 Å². The van der Waals surface area contributed by atoms with Crippen molar-refractivity contribution in [3.05, 3.63) is 36.4 Å². The van der Waals surface area contributed by atoms with Crippen LogP contribution < -0.4 is 5.32 Å². The molecule has 5 heterocycles. The third-order valence-electron chi connectivity index (χ3n) is 6.06. The standard InChI is InChI=1S/C22H26FN7O/c23-3-6-29-7-8-30-20(14-29)18(12-26-30)17-9-16-10-21(25-13-19(16)24-11-17)27-22(31)15-28-4-1-2-5-28/h9-13H,1-8,14-15H2,(H,25,27,31). The summed E-state index contributed by atoms with van der Waals surface area (Å²) < 4.78 is 14.8. The molecule has 0 aromatic carbocycles. The molecule has 3 aromatic heterocycles. The number of nitrogens with one attached hydrogen (secondary N) is 1. The lowest BCUT2D eigenvalue weighted by molar-refractivity contribution is -0.117. The first kappa shape index (κ1) is 20.0. The average Bonchev–Trinajstić information content (AvgIpc) is 3.43. The summed E-state index contributed by atoms with van der Waals surface area (Å²) in [7, 11) is 0. The highest BCUT2D eigenvalue weighted by molar-refractivity contribution is 5.94. The van der Waals surface area contributed by atoms with Crippen LogP contribution in [0.25, 0.3) is 22.0 Å². The molecule has 0 unspecified atom stereocenters. The number of anilines is 1. The summed E-state index contributed by atoms with van der Waals surface area (Å²) in [5.41, 5.74) is 3.81. The van der Waals surface area contributed by atoms with Crippen LogP contribution in [0.2, 0.25) is 0 Å². The molecule has 0 aliphatic carbocycles. The molecule has 0 radical (unpaired) electrons. The van der Waals surface area contributed by atoms with Gasteiger partial charge in [0.15, 0.2) is 0 Å². The van der Waals surface area contributed by atoms with Gasteiger partial charge in [0.2, 0.25) is 5.91 Å². The van der Waals surface area contributed by atoms with Crippen molar-refractivity contribution < 1.29 is 9.18 Å². The number of likely N-dealkylation sites (tertiary alicyclic amines) is 1. The molecule has 0 spiro atoms. The van der Waals surface area contributed by atoms with E-state index in [9.17, 15) is 9.18 Å². The molecule has 8 nitrogen and oxygen atoms in total. The normalized spacial score (nSPS) is 17.2. The fourth-order valence-corrected chi connectivity index (χ4v) is 4.42. The Balaban J connectivity index is 1.37. The largest absolute Gasteiger partial charge is 0.310 e. The summed E-state index contributed by atoms with van der Waals surface area (Å²) in [5, 5.41) is 8.32. The summed E-state index contributed by atoms with van der Waals surface area (Å²) in [4.78, 5) is 25.5. The molecule has 1 amide bonds. The van der Waals surface area contributed by atoms with Crippen molar-refractivity contribution in [2.75, 3.05) is 44.7 Å². The van der Waals surface area contributed by atoms with Gasteiger partial charge in [0.1, 0.15) is 12.5 Å². The van der Waals surface area contributed by atoms with Crippen LogP contribution in [0.3, 0.4) is 0 Å². The highest BCUT2D eigenvalue weighted by Gasteiger charge is 2.21. The topological polar surface area (TPSA) is 79.2 Å². The van der Waals surface area contributed by atoms with Gasteiger partial charge >= 0.3 is 0 Å². The molecule has 0 bridgehead atoms. The SMILES string of the molecule is O=C(CN1CCCC1)Nc1cc2cc(-c3cnn4c3CN(CCF)CC4)cnc2cn1. The van der Waals surface area contributed by atoms with E-state index in [0.29, 0.717) is 25.5 Å². The van der Waals surface area contributed by atoms with E-state index in [1.165, 1.54) is 0 Å². The van der Waals surface area contributed by atoms with Gasteiger partial charge in [-0.1, -0.05) is 0 Å². The van der Waals surface area contributed by atoms with Crippen molar-refractivity contribution in [1.29, 1.82) is 0 Å². The number of carbonyl (C=O) groups is 1. The zero-order valence-corrected chi connectivity index (χ0v) is 17.4. The van der Waals surface area contributed by atoms with Crippen LogP contribution in [-0.4, -0.2) is 74.9 Å². The lowest BCUT2D eigenvalue weighted by Crippen LogP contribution is -2.35. The molecule has 162 valence electrons. The Labute approximate surface area is 180 Å². The monoisotopic (exact) mass is 423 g/mol. The van der Waals surface area contributed by atoms with Gasteiger partial charge in [-0.05, 0) is 38.1 Å². The highest BCUT2D eigenvalue weighted by Crippen LogP contribution is 2.29. The van der Waals surface area contributed by atoms with Crippen LogP contribution in [-0.2, 0) is 17.9 Å². The smallest absolute Gasteiger partial charge is 0.239 e. The van der Waals surface area contributed by atoms with Crippen molar-refractivity contribution in [2.45, 2.75) is 25.9 Å². The minimum Gasteiger partial charge on any atom is -0.310 e. The highest BCUT2D eigenvalue weighted by atomic mass is 19.1. The van der Waals surface area contributed by atoms with Gasteiger partial charge in [-0.3, -0.25) is 24.3 Å². The lowest BCUT2D eigenvalue weighted by Gasteiger charge is -2.27. The molecule has 2 aliphatic rings. The summed E-state index contributed by atoms with van der Waals surface area (Å²) in [5.74, 6) is 0.485. The lowest BCUT2D eigenvalue weighted by atomic mass is 10.1. The maximum atomic E-state index is 12.8. The van der Waals surface area contributed by atoms with E-state index < -0.39 is 0 Å². The van der Waals surface area contributed by atoms with E-state index in [1.54, 1.807) is 6.20 Å². The van der Waals surface area contributed by atoms with Crippen LogP contribution in [0.4, 0.5) is 10.2 Å². The number of halogens is 1. The Morgan fingerprint density at radius 3 is 2.74 bits per heavy atom. The van der Waals surface area contributed by atoms with E-state index in [2.05, 4.69) is 30.2 Å². The number of rotatable bonds is 6. The number of pyridine rings is 2. The predicted molar refractivity (Wildman–Crippen MR) is 116 cm³/mol. The number of hydrogen-bond donors (Lipinski definition) is 1. The van der Waals surface area contributed by atoms with Crippen LogP contribution in [0.5, 0.6) is 0 Å². The van der Waals surface area contributed by atoms with Crippen molar-refractivity contribution in [3.8, 4) is 11.1 Å². The molecule has 5 rings (SSSR count). The number of amides is 1. The van der Waals surface area contributed by atoms with Gasteiger partial charge in [0.25, 0.3) is 0 Å². The van der Waals surface area contributed by atoms with Gasteiger partial charge in [0.05, 0.1) is 36.7 Å². The van der Waals surface area contributed by atoms with Crippen molar-refractivity contribution in [3.63, 3.8) is 0 Å². The summed E-state index contributed by atoms with van der Waals surface area (Å²) in [6, 6.07) is 3.91. The third kappa shape index (κ3) is 4.28. The number of alkyl halides is 1. The van der Waals surface area contributed by atoms with Gasteiger partial charge in [-0.2, -0.15) is 5.10 Å². The Morgan fingerprint density at radius 1 is 1.03 bits per heavy atom. The van der Waals surface area contributed by atoms with Crippen molar-refractivity contribution >= 4 is 22.6 Å². The third-order valence-corrected chi connectivity index (χ3v) is 6.06. The molecule has 2 aliphatic heterocycles. The van der Waals surface area contributed by atoms with Crippen molar-refractivity contribution in [2.24, 2.45) is 0 Å². The fourth-order valence-electron chi connectivity index (χ4n) is 4.42. The Hall–Kier alpha value is -2.91. The second kappa shape index (κ2) is 8.68. The fraction of sp³-hybridized carbons (Fsp3) is 0.455. The quantitative estimate of drug-likeness (QED) is 0.656. The molecule has 31 heavy (non-hydrogen) atoms. The zero-order chi connectivity index (χ0) is 21.2. The minimum atomic E-state index is -0.347. The number of carbonyl (C=O) groups excluding carboxylic acids is 1. The molecular weight excluding hydrogens is 397 g/mol. The van der Waals surface area contributed by atoms with Gasteiger partial charge in [0, 0.05) is 42.3 Å². The second-order valence-corrected chi connectivity index (χ2v) is 8.21. The summed E-state index contributed by atoms with van der Waals surface area (Å²) >= 11 is 0. The van der Waals surface area contributed by atoms with Gasteiger partial charge in [-0.15, -0.1) is 0 Å². The van der Waals surface area contributed by atoms with Crippen LogP contribution in [0, 0.1) is 0 Å². The molecule has 0 atom stereocenters. The van der Waals surface area contributed by atoms with Crippen LogP contribution in [0.1, 0.15) is 18.5 Å². The summed E-state index contributed by atoms with van der Waals surface area (Å²) in [6.07, 6.45) is 7.67. The zero-order valence-electron chi connectivity index (χ0n) is 17.4. The predicted octanol–water partition coefficient (Wildman–Crippen LogP) is 2.31. The van der Waals surface area contributed by atoms with Crippen molar-refractivity contribution in [1.82, 2.24) is 29.5 Å². The first-order valence-corrected chi connectivity index (χ1v) is 10.8. The van der Waals surface area contributed by atoms with Crippen LogP contribution >= 0.6 is 0 Å². The molecular formula is C22H26FN7O. The van der Waals surface area contributed by atoms with E-state index in [4.69, 9.17) is 0 Å². The molecule has 1 N–H and O–H groups in total. The number of nitrogens with zero attached hydrogens (tertiary/aromatic N) is 6.